The lowest BCUT2D eigenvalue weighted by Crippen LogP contribution is -2.43. The van der Waals surface area contributed by atoms with Gasteiger partial charge in [-0.1, -0.05) is 19.1 Å². The van der Waals surface area contributed by atoms with Gasteiger partial charge in [0.05, 0.1) is 12.0 Å². The van der Waals surface area contributed by atoms with E-state index in [4.69, 9.17) is 4.98 Å². The van der Waals surface area contributed by atoms with Gasteiger partial charge in [-0.2, -0.15) is 4.98 Å². The van der Waals surface area contributed by atoms with Crippen LogP contribution in [0.3, 0.4) is 0 Å². The molecule has 0 unspecified atom stereocenters. The lowest BCUT2D eigenvalue weighted by molar-refractivity contribution is -0.144. The lowest BCUT2D eigenvalue weighted by atomic mass is 9.89. The largest absolute Gasteiger partial charge is 0.481 e. The summed E-state index contributed by atoms with van der Waals surface area (Å²) in [5, 5.41) is 25.4. The normalized spacial score (nSPS) is 26.2. The van der Waals surface area contributed by atoms with E-state index in [1.807, 2.05) is 22.9 Å². The number of aliphatic hydroxyl groups excluding tert-OH is 1. The number of nitrogens with one attached hydrogen (secondary N) is 1. The van der Waals surface area contributed by atoms with Gasteiger partial charge in [0.2, 0.25) is 5.95 Å². The van der Waals surface area contributed by atoms with Gasteiger partial charge < -0.3 is 15.5 Å². The van der Waals surface area contributed by atoms with E-state index in [1.54, 1.807) is 0 Å². The summed E-state index contributed by atoms with van der Waals surface area (Å²) in [5.74, 6) is 0.266. The molecular weight excluding hydrogens is 494 g/mol. The summed E-state index contributed by atoms with van der Waals surface area (Å²) >= 11 is 0. The minimum atomic E-state index is -0.699. The zero-order chi connectivity index (χ0) is 27.1. The monoisotopic (exact) mass is 533 g/mol. The Morgan fingerprint density at radius 3 is 2.59 bits per heavy atom. The summed E-state index contributed by atoms with van der Waals surface area (Å²) in [6.45, 7) is 4.39. The van der Waals surface area contributed by atoms with Crippen molar-refractivity contribution in [1.82, 2.24) is 19.4 Å². The van der Waals surface area contributed by atoms with E-state index in [0.717, 1.165) is 48.7 Å². The Kier molecular flexibility index (Phi) is 7.29. The predicted octanol–water partition coefficient (Wildman–Crippen LogP) is 4.32. The number of rotatable bonds is 8. The fraction of sp³-hybridized carbons (Fsp3) is 0.600. The summed E-state index contributed by atoms with van der Waals surface area (Å²) in [6, 6.07) is 6.32. The van der Waals surface area contributed by atoms with Crippen LogP contribution in [-0.2, 0) is 11.3 Å². The highest BCUT2D eigenvalue weighted by atomic mass is 16.4. The van der Waals surface area contributed by atoms with E-state index in [-0.39, 0.29) is 29.7 Å². The average molecular weight is 534 g/mol. The second-order valence-corrected chi connectivity index (χ2v) is 11.9. The minimum Gasteiger partial charge on any atom is -0.481 e. The van der Waals surface area contributed by atoms with Crippen molar-refractivity contribution >= 4 is 33.7 Å². The molecule has 1 aliphatic heterocycles. The van der Waals surface area contributed by atoms with Crippen molar-refractivity contribution in [2.45, 2.75) is 89.4 Å². The molecule has 3 aromatic rings. The highest BCUT2D eigenvalue weighted by Crippen LogP contribution is 2.33. The summed E-state index contributed by atoms with van der Waals surface area (Å²) in [4.78, 5) is 37.5. The Balaban J connectivity index is 1.38. The fourth-order valence-corrected chi connectivity index (χ4v) is 6.56. The van der Waals surface area contributed by atoms with Crippen LogP contribution in [0.15, 0.2) is 29.2 Å². The van der Waals surface area contributed by atoms with Gasteiger partial charge in [0.1, 0.15) is 5.65 Å². The Labute approximate surface area is 228 Å². The number of likely N-dealkylation sites (tertiary alicyclic amines) is 1. The number of aliphatic hydroxyl groups is 1. The van der Waals surface area contributed by atoms with E-state index in [2.05, 4.69) is 28.2 Å². The van der Waals surface area contributed by atoms with Crippen LogP contribution >= 0.6 is 0 Å². The number of anilines is 1. The topological polar surface area (TPSA) is 121 Å². The predicted molar refractivity (Wildman–Crippen MR) is 151 cm³/mol. The highest BCUT2D eigenvalue weighted by molar-refractivity contribution is 6.04. The third kappa shape index (κ3) is 5.39. The Hall–Kier alpha value is -3.04. The van der Waals surface area contributed by atoms with Gasteiger partial charge in [0, 0.05) is 42.1 Å². The molecule has 208 valence electrons. The van der Waals surface area contributed by atoms with E-state index in [0.29, 0.717) is 55.1 Å². The number of carboxylic acid groups (broad SMARTS) is 1. The average Bonchev–Trinajstić information content (AvgIpc) is 3.78. The number of aromatic nitrogens is 3. The molecule has 9 heteroatoms. The van der Waals surface area contributed by atoms with Gasteiger partial charge >= 0.3 is 5.97 Å². The molecule has 3 aliphatic rings. The smallest absolute Gasteiger partial charge is 0.306 e. The number of nitrogens with zero attached hydrogens (tertiary/aromatic N) is 4. The van der Waals surface area contributed by atoms with Gasteiger partial charge in [-0.05, 0) is 87.3 Å². The molecular formula is C30H39N5O4. The number of hydrogen-bond donors (Lipinski definition) is 3. The first-order chi connectivity index (χ1) is 18.9. The first kappa shape index (κ1) is 26.2. The van der Waals surface area contributed by atoms with Crippen LogP contribution < -0.4 is 10.9 Å². The van der Waals surface area contributed by atoms with Crippen LogP contribution in [0.1, 0.15) is 76.3 Å². The van der Waals surface area contributed by atoms with Crippen molar-refractivity contribution in [3.8, 4) is 0 Å². The lowest BCUT2D eigenvalue weighted by Gasteiger charge is -2.38. The van der Waals surface area contributed by atoms with Gasteiger partial charge in [-0.3, -0.25) is 19.1 Å². The van der Waals surface area contributed by atoms with Gasteiger partial charge in [-0.25, -0.2) is 4.98 Å². The second kappa shape index (κ2) is 10.8. The Bertz CT molecular complexity index is 1430. The van der Waals surface area contributed by atoms with Crippen molar-refractivity contribution < 1.29 is 15.0 Å². The van der Waals surface area contributed by atoms with E-state index >= 15 is 0 Å². The molecule has 2 atom stereocenters. The maximum Gasteiger partial charge on any atom is 0.306 e. The van der Waals surface area contributed by atoms with Crippen molar-refractivity contribution in [2.24, 2.45) is 11.8 Å². The quantitative estimate of drug-likeness (QED) is 0.366. The molecule has 1 aromatic carbocycles. The van der Waals surface area contributed by atoms with E-state index in [1.165, 1.54) is 12.8 Å². The first-order valence-electron chi connectivity index (χ1n) is 14.6. The second-order valence-electron chi connectivity index (χ2n) is 11.9. The SMILES string of the molecule is CC[C@H]1C[C@H](C(=O)O)CCN1Cc1ccc2c(c1)c(=O)n(C1CCC(O)CC1)c1nc(NCC3CC3)ncc21. The molecule has 2 aliphatic carbocycles. The van der Waals surface area contributed by atoms with Crippen LogP contribution in [-0.4, -0.2) is 60.9 Å². The molecule has 0 amide bonds. The van der Waals surface area contributed by atoms with Crippen molar-refractivity contribution in [3.05, 3.63) is 40.3 Å². The first-order valence-corrected chi connectivity index (χ1v) is 14.6. The number of pyridine rings is 1. The molecule has 3 fully saturated rings. The summed E-state index contributed by atoms with van der Waals surface area (Å²) in [7, 11) is 0. The molecule has 6 rings (SSSR count). The van der Waals surface area contributed by atoms with Crippen molar-refractivity contribution in [2.75, 3.05) is 18.4 Å². The van der Waals surface area contributed by atoms with Crippen LogP contribution in [0.2, 0.25) is 0 Å². The molecule has 0 bridgehead atoms. The number of hydrogen-bond acceptors (Lipinski definition) is 7. The maximum absolute atomic E-state index is 14.1. The number of carboxylic acids is 1. The third-order valence-electron chi connectivity index (χ3n) is 9.14. The van der Waals surface area contributed by atoms with Crippen LogP contribution in [0.25, 0.3) is 21.8 Å². The molecule has 0 radical (unpaired) electrons. The van der Waals surface area contributed by atoms with E-state index < -0.39 is 5.97 Å². The maximum atomic E-state index is 14.1. The highest BCUT2D eigenvalue weighted by Gasteiger charge is 2.31. The number of benzene rings is 1. The number of carbonyl (C=O) groups is 1. The van der Waals surface area contributed by atoms with Crippen molar-refractivity contribution in [1.29, 1.82) is 0 Å². The van der Waals surface area contributed by atoms with Gasteiger partial charge in [-0.15, -0.1) is 0 Å². The molecule has 39 heavy (non-hydrogen) atoms. The zero-order valence-electron chi connectivity index (χ0n) is 22.7. The Morgan fingerprint density at radius 2 is 1.87 bits per heavy atom. The fourth-order valence-electron chi connectivity index (χ4n) is 6.56. The summed E-state index contributed by atoms with van der Waals surface area (Å²) in [6.07, 6.45) is 9.07. The Morgan fingerprint density at radius 1 is 1.08 bits per heavy atom. The number of aliphatic carboxylic acids is 1. The summed E-state index contributed by atoms with van der Waals surface area (Å²) in [5.41, 5.74) is 1.68. The molecule has 9 nitrogen and oxygen atoms in total. The molecule has 2 aromatic heterocycles. The van der Waals surface area contributed by atoms with Crippen LogP contribution in [0.4, 0.5) is 5.95 Å². The molecule has 2 saturated carbocycles. The minimum absolute atomic E-state index is 0.0119. The standard InChI is InChI=1S/C30H39N5O4/c1-2-21-14-20(29(38)39)11-12-34(21)17-19-5-10-24-25(13-19)28(37)35(22-6-8-23(36)9-7-22)27-26(24)16-32-30(33-27)31-15-18-3-4-18/h5,10,13,16,18,20-23,36H,2-4,6-9,11-12,14-15,17H2,1H3,(H,38,39)(H,31,32,33)/t20-,21+,22?,23?/m1/s1. The molecule has 1 saturated heterocycles. The van der Waals surface area contributed by atoms with Gasteiger partial charge in [0.15, 0.2) is 0 Å². The van der Waals surface area contributed by atoms with E-state index in [9.17, 15) is 19.8 Å². The van der Waals surface area contributed by atoms with Crippen LogP contribution in [0.5, 0.6) is 0 Å². The number of piperidine rings is 1. The zero-order valence-corrected chi connectivity index (χ0v) is 22.7. The molecule has 3 heterocycles. The summed E-state index contributed by atoms with van der Waals surface area (Å²) < 4.78 is 1.87. The third-order valence-corrected chi connectivity index (χ3v) is 9.14. The number of fused-ring (bicyclic) bond motifs is 3. The van der Waals surface area contributed by atoms with Crippen molar-refractivity contribution in [3.63, 3.8) is 0 Å². The van der Waals surface area contributed by atoms with Crippen LogP contribution in [0, 0.1) is 11.8 Å². The molecule has 3 N–H and O–H groups in total. The molecule has 0 spiro atoms. The van der Waals surface area contributed by atoms with Gasteiger partial charge in [0.25, 0.3) is 5.56 Å².